The summed E-state index contributed by atoms with van der Waals surface area (Å²) in [4.78, 5) is 16.3. The van der Waals surface area contributed by atoms with E-state index in [-0.39, 0.29) is 18.6 Å². The molecule has 4 rings (SSSR count). The van der Waals surface area contributed by atoms with Crippen LogP contribution in [-0.4, -0.2) is 22.1 Å². The highest BCUT2D eigenvalue weighted by Crippen LogP contribution is 2.26. The standard InChI is InChI=1S/C22H23N3O2/c1-16(17-5-8-20(9-6-17)25-12-11-23-15-25)24-22(26)14-27-21-10-7-18-3-2-4-19(18)13-21/h5-13,15-16H,2-4,14H2,1H3,(H,24,26). The summed E-state index contributed by atoms with van der Waals surface area (Å²) in [5.41, 5.74) is 4.83. The van der Waals surface area contributed by atoms with Crippen LogP contribution in [-0.2, 0) is 17.6 Å². The number of ether oxygens (including phenoxy) is 1. The third kappa shape index (κ3) is 4.03. The molecule has 0 radical (unpaired) electrons. The number of nitrogens with zero attached hydrogens (tertiary/aromatic N) is 2. The van der Waals surface area contributed by atoms with Crippen molar-refractivity contribution in [3.05, 3.63) is 77.9 Å². The second kappa shape index (κ2) is 7.66. The maximum absolute atomic E-state index is 12.2. The Hall–Kier alpha value is -3.08. The van der Waals surface area contributed by atoms with Crippen LogP contribution in [0, 0.1) is 0 Å². The van der Waals surface area contributed by atoms with E-state index in [4.69, 9.17) is 4.74 Å². The molecule has 0 saturated heterocycles. The molecule has 1 N–H and O–H groups in total. The van der Waals surface area contributed by atoms with Gasteiger partial charge in [-0.1, -0.05) is 18.2 Å². The van der Waals surface area contributed by atoms with Gasteiger partial charge in [-0.25, -0.2) is 4.98 Å². The topological polar surface area (TPSA) is 56.1 Å². The van der Waals surface area contributed by atoms with E-state index in [1.807, 2.05) is 48.0 Å². The summed E-state index contributed by atoms with van der Waals surface area (Å²) in [5, 5.41) is 2.99. The highest BCUT2D eigenvalue weighted by atomic mass is 16.5. The first-order valence-corrected chi connectivity index (χ1v) is 9.31. The second-order valence-electron chi connectivity index (χ2n) is 6.92. The van der Waals surface area contributed by atoms with Crippen molar-refractivity contribution in [2.24, 2.45) is 0 Å². The monoisotopic (exact) mass is 361 g/mol. The minimum Gasteiger partial charge on any atom is -0.484 e. The van der Waals surface area contributed by atoms with Crippen LogP contribution in [0.15, 0.2) is 61.2 Å². The summed E-state index contributed by atoms with van der Waals surface area (Å²) in [6.45, 7) is 2.00. The first-order chi connectivity index (χ1) is 13.2. The highest BCUT2D eigenvalue weighted by molar-refractivity contribution is 5.78. The fourth-order valence-electron chi connectivity index (χ4n) is 3.50. The molecule has 1 aromatic heterocycles. The lowest BCUT2D eigenvalue weighted by molar-refractivity contribution is -0.123. The zero-order valence-electron chi connectivity index (χ0n) is 15.4. The van der Waals surface area contributed by atoms with Crippen molar-refractivity contribution in [2.75, 3.05) is 6.61 Å². The Morgan fingerprint density at radius 3 is 2.78 bits per heavy atom. The molecule has 1 amide bonds. The minimum atomic E-state index is -0.123. The number of carbonyl (C=O) groups excluding carboxylic acids is 1. The lowest BCUT2D eigenvalue weighted by Gasteiger charge is -2.15. The van der Waals surface area contributed by atoms with Crippen molar-refractivity contribution in [1.29, 1.82) is 0 Å². The Balaban J connectivity index is 1.31. The molecule has 138 valence electrons. The number of aromatic nitrogens is 2. The van der Waals surface area contributed by atoms with E-state index < -0.39 is 0 Å². The van der Waals surface area contributed by atoms with Crippen LogP contribution in [0.4, 0.5) is 0 Å². The molecule has 1 atom stereocenters. The van der Waals surface area contributed by atoms with Crippen molar-refractivity contribution in [1.82, 2.24) is 14.9 Å². The molecule has 1 aliphatic rings. The predicted molar refractivity (Wildman–Crippen MR) is 104 cm³/mol. The molecule has 0 bridgehead atoms. The van der Waals surface area contributed by atoms with Crippen LogP contribution in [0.1, 0.15) is 36.1 Å². The molecule has 0 saturated carbocycles. The van der Waals surface area contributed by atoms with E-state index in [0.29, 0.717) is 0 Å². The Morgan fingerprint density at radius 1 is 1.19 bits per heavy atom. The number of nitrogens with one attached hydrogen (secondary N) is 1. The molecule has 1 heterocycles. The number of hydrogen-bond acceptors (Lipinski definition) is 3. The number of amides is 1. The zero-order valence-corrected chi connectivity index (χ0v) is 15.4. The van der Waals surface area contributed by atoms with Gasteiger partial charge in [-0.15, -0.1) is 0 Å². The van der Waals surface area contributed by atoms with Gasteiger partial charge in [0.1, 0.15) is 5.75 Å². The quantitative estimate of drug-likeness (QED) is 0.730. The van der Waals surface area contributed by atoms with Crippen LogP contribution in [0.5, 0.6) is 5.75 Å². The van der Waals surface area contributed by atoms with Crippen LogP contribution < -0.4 is 10.1 Å². The van der Waals surface area contributed by atoms with Gasteiger partial charge in [0.05, 0.1) is 12.4 Å². The lowest BCUT2D eigenvalue weighted by atomic mass is 10.1. The second-order valence-corrected chi connectivity index (χ2v) is 6.92. The van der Waals surface area contributed by atoms with Crippen molar-refractivity contribution < 1.29 is 9.53 Å². The van der Waals surface area contributed by atoms with E-state index in [2.05, 4.69) is 22.4 Å². The molecule has 5 heteroatoms. The molecule has 0 fully saturated rings. The summed E-state index contributed by atoms with van der Waals surface area (Å²) in [5.74, 6) is 0.643. The minimum absolute atomic E-state index is 0.0241. The van der Waals surface area contributed by atoms with E-state index >= 15 is 0 Å². The van der Waals surface area contributed by atoms with Gasteiger partial charge in [-0.05, 0) is 67.1 Å². The molecule has 5 nitrogen and oxygen atoms in total. The summed E-state index contributed by atoms with van der Waals surface area (Å²) >= 11 is 0. The van der Waals surface area contributed by atoms with Gasteiger partial charge in [0.2, 0.25) is 0 Å². The number of rotatable bonds is 6. The average Bonchev–Trinajstić information content (AvgIpc) is 3.38. The Labute approximate surface area is 159 Å². The predicted octanol–water partition coefficient (Wildman–Crippen LogP) is 3.62. The Morgan fingerprint density at radius 2 is 2.00 bits per heavy atom. The van der Waals surface area contributed by atoms with E-state index in [1.165, 1.54) is 17.5 Å². The van der Waals surface area contributed by atoms with Gasteiger partial charge in [-0.2, -0.15) is 0 Å². The first-order valence-electron chi connectivity index (χ1n) is 9.31. The van der Waals surface area contributed by atoms with E-state index in [9.17, 15) is 4.79 Å². The zero-order chi connectivity index (χ0) is 18.6. The summed E-state index contributed by atoms with van der Waals surface area (Å²) in [7, 11) is 0. The fourth-order valence-corrected chi connectivity index (χ4v) is 3.50. The Bertz CT molecular complexity index is 917. The van der Waals surface area contributed by atoms with Crippen LogP contribution in [0.3, 0.4) is 0 Å². The normalized spacial score (nSPS) is 13.8. The third-order valence-electron chi connectivity index (χ3n) is 5.01. The van der Waals surface area contributed by atoms with Gasteiger partial charge >= 0.3 is 0 Å². The smallest absolute Gasteiger partial charge is 0.258 e. The Kier molecular flexibility index (Phi) is 4.92. The van der Waals surface area contributed by atoms with Gasteiger partial charge < -0.3 is 14.6 Å². The van der Waals surface area contributed by atoms with Crippen molar-refractivity contribution in [3.63, 3.8) is 0 Å². The molecule has 2 aromatic carbocycles. The maximum Gasteiger partial charge on any atom is 0.258 e. The fraction of sp³-hybridized carbons (Fsp3) is 0.273. The van der Waals surface area contributed by atoms with Crippen molar-refractivity contribution in [3.8, 4) is 11.4 Å². The van der Waals surface area contributed by atoms with Gasteiger partial charge in [0.15, 0.2) is 6.61 Å². The lowest BCUT2D eigenvalue weighted by Crippen LogP contribution is -2.31. The van der Waals surface area contributed by atoms with E-state index in [0.717, 1.165) is 29.8 Å². The number of benzene rings is 2. The van der Waals surface area contributed by atoms with Gasteiger partial charge in [-0.3, -0.25) is 4.79 Å². The van der Waals surface area contributed by atoms with E-state index in [1.54, 1.807) is 12.5 Å². The number of imidazole rings is 1. The maximum atomic E-state index is 12.2. The number of carbonyl (C=O) groups is 1. The number of hydrogen-bond donors (Lipinski definition) is 1. The molecule has 0 spiro atoms. The van der Waals surface area contributed by atoms with Gasteiger partial charge in [0.25, 0.3) is 5.91 Å². The molecular weight excluding hydrogens is 338 g/mol. The van der Waals surface area contributed by atoms with Crippen LogP contribution in [0.25, 0.3) is 5.69 Å². The molecule has 3 aromatic rings. The number of fused-ring (bicyclic) bond motifs is 1. The first kappa shape index (κ1) is 17.3. The summed E-state index contributed by atoms with van der Waals surface area (Å²) in [6, 6.07) is 14.1. The molecular formula is C22H23N3O2. The van der Waals surface area contributed by atoms with Crippen LogP contribution >= 0.6 is 0 Å². The largest absolute Gasteiger partial charge is 0.484 e. The van der Waals surface area contributed by atoms with Crippen molar-refractivity contribution >= 4 is 5.91 Å². The molecule has 1 unspecified atom stereocenters. The average molecular weight is 361 g/mol. The SMILES string of the molecule is CC(NC(=O)COc1ccc2c(c1)CCC2)c1ccc(-n2ccnc2)cc1. The molecule has 1 aliphatic carbocycles. The van der Waals surface area contributed by atoms with Crippen molar-refractivity contribution in [2.45, 2.75) is 32.2 Å². The van der Waals surface area contributed by atoms with Crippen LogP contribution in [0.2, 0.25) is 0 Å². The highest BCUT2D eigenvalue weighted by Gasteiger charge is 2.13. The molecule has 27 heavy (non-hydrogen) atoms. The summed E-state index contributed by atoms with van der Waals surface area (Å²) in [6.07, 6.45) is 8.86. The third-order valence-corrected chi connectivity index (χ3v) is 5.01. The van der Waals surface area contributed by atoms with Gasteiger partial charge in [0, 0.05) is 18.1 Å². The summed E-state index contributed by atoms with van der Waals surface area (Å²) < 4.78 is 7.62. The molecule has 0 aliphatic heterocycles. The number of aryl methyl sites for hydroxylation is 2.